The minimum atomic E-state index is -0.405. The Kier molecular flexibility index (Phi) is 6.03. The lowest BCUT2D eigenvalue weighted by Crippen LogP contribution is -2.51. The van der Waals surface area contributed by atoms with Gasteiger partial charge in [-0.3, -0.25) is 4.98 Å². The number of benzene rings is 1. The number of hydrogen-bond donors (Lipinski definition) is 2. The van der Waals surface area contributed by atoms with Gasteiger partial charge in [0.1, 0.15) is 22.7 Å². The van der Waals surface area contributed by atoms with E-state index in [9.17, 15) is 9.65 Å². The van der Waals surface area contributed by atoms with Gasteiger partial charge in [0.25, 0.3) is 0 Å². The van der Waals surface area contributed by atoms with Gasteiger partial charge in [-0.1, -0.05) is 0 Å². The van der Waals surface area contributed by atoms with E-state index in [1.54, 1.807) is 12.3 Å². The van der Waals surface area contributed by atoms with E-state index in [-0.39, 0.29) is 11.0 Å². The predicted molar refractivity (Wildman–Crippen MR) is 155 cm³/mol. The number of fused-ring (bicyclic) bond motifs is 4. The maximum atomic E-state index is 14.7. The van der Waals surface area contributed by atoms with Crippen molar-refractivity contribution in [2.75, 3.05) is 51.0 Å². The van der Waals surface area contributed by atoms with Crippen molar-refractivity contribution >= 4 is 43.1 Å². The van der Waals surface area contributed by atoms with Gasteiger partial charge in [0.2, 0.25) is 0 Å². The Hall–Kier alpha value is -3.59. The number of nitrogens with two attached hydrogens (primary N) is 1. The SMILES string of the molecule is CN(C)CC1(COc2nc(N3CC4CCC(C3)N4)c3cnc(-c4ccc(F)c5sc(N)c(C#N)c45)cc3n2)CC1. The highest BCUT2D eigenvalue weighted by Crippen LogP contribution is 2.46. The summed E-state index contributed by atoms with van der Waals surface area (Å²) in [6, 6.07) is 8.33. The summed E-state index contributed by atoms with van der Waals surface area (Å²) in [6.07, 6.45) is 6.38. The Morgan fingerprint density at radius 3 is 2.73 bits per heavy atom. The first-order valence-corrected chi connectivity index (χ1v) is 14.5. The third-order valence-corrected chi connectivity index (χ3v) is 9.41. The average molecular weight is 559 g/mol. The number of nitrogen functional groups attached to an aromatic ring is 1. The Morgan fingerprint density at radius 2 is 2.02 bits per heavy atom. The second kappa shape index (κ2) is 9.51. The molecule has 3 aliphatic rings. The molecule has 0 spiro atoms. The van der Waals surface area contributed by atoms with E-state index in [1.807, 2.05) is 6.07 Å². The molecule has 0 radical (unpaired) electrons. The molecule has 4 aromatic rings. The Balaban J connectivity index is 1.33. The van der Waals surface area contributed by atoms with Crippen LogP contribution in [-0.4, -0.2) is 72.3 Å². The van der Waals surface area contributed by atoms with Crippen LogP contribution in [0.15, 0.2) is 24.4 Å². The van der Waals surface area contributed by atoms with Gasteiger partial charge in [-0.25, -0.2) is 4.39 Å². The fourth-order valence-electron chi connectivity index (χ4n) is 6.34. The van der Waals surface area contributed by atoms with Crippen molar-refractivity contribution in [3.63, 3.8) is 0 Å². The Morgan fingerprint density at radius 1 is 1.25 bits per heavy atom. The Labute approximate surface area is 235 Å². The second-order valence-electron chi connectivity index (χ2n) is 11.7. The van der Waals surface area contributed by atoms with Crippen LogP contribution in [0.25, 0.3) is 32.2 Å². The third kappa shape index (κ3) is 4.40. The van der Waals surface area contributed by atoms with Crippen LogP contribution in [0.1, 0.15) is 31.2 Å². The summed E-state index contributed by atoms with van der Waals surface area (Å²) in [6.45, 7) is 3.27. The lowest BCUT2D eigenvalue weighted by Gasteiger charge is -2.34. The molecule has 5 heterocycles. The number of anilines is 2. The molecule has 1 aromatic carbocycles. The summed E-state index contributed by atoms with van der Waals surface area (Å²) in [5.41, 5.74) is 8.44. The zero-order valence-electron chi connectivity index (χ0n) is 22.6. The van der Waals surface area contributed by atoms with E-state index in [0.29, 0.717) is 56.6 Å². The molecule has 3 fully saturated rings. The van der Waals surface area contributed by atoms with Crippen molar-refractivity contribution in [1.29, 1.82) is 5.26 Å². The smallest absolute Gasteiger partial charge is 0.318 e. The zero-order chi connectivity index (χ0) is 27.6. The first-order chi connectivity index (χ1) is 19.3. The molecule has 3 aromatic heterocycles. The molecule has 3 N–H and O–H groups in total. The van der Waals surface area contributed by atoms with Crippen molar-refractivity contribution < 1.29 is 9.13 Å². The molecule has 0 amide bonds. The van der Waals surface area contributed by atoms with Gasteiger partial charge in [-0.15, -0.1) is 11.3 Å². The number of thiophene rings is 1. The molecule has 2 saturated heterocycles. The zero-order valence-corrected chi connectivity index (χ0v) is 23.4. The number of aromatic nitrogens is 3. The van der Waals surface area contributed by atoms with Crippen LogP contribution in [0, 0.1) is 22.6 Å². The first-order valence-electron chi connectivity index (χ1n) is 13.7. The Bertz CT molecular complexity index is 1660. The van der Waals surface area contributed by atoms with Crippen LogP contribution in [0.2, 0.25) is 0 Å². The summed E-state index contributed by atoms with van der Waals surface area (Å²) in [5.74, 6) is 0.426. The van der Waals surface area contributed by atoms with Crippen molar-refractivity contribution in [2.45, 2.75) is 37.8 Å². The molecule has 40 heavy (non-hydrogen) atoms. The van der Waals surface area contributed by atoms with E-state index in [4.69, 9.17) is 25.4 Å². The molecule has 1 aliphatic carbocycles. The van der Waals surface area contributed by atoms with Crippen molar-refractivity contribution in [2.24, 2.45) is 5.41 Å². The lowest BCUT2D eigenvalue weighted by molar-refractivity contribution is 0.183. The summed E-state index contributed by atoms with van der Waals surface area (Å²) in [5, 5.41) is 15.1. The van der Waals surface area contributed by atoms with E-state index in [0.717, 1.165) is 67.9 Å². The number of hydrogen-bond acceptors (Lipinski definition) is 10. The predicted octanol–water partition coefficient (Wildman–Crippen LogP) is 4.16. The molecule has 1 saturated carbocycles. The van der Waals surface area contributed by atoms with E-state index >= 15 is 0 Å². The maximum absolute atomic E-state index is 14.7. The molecule has 2 atom stereocenters. The molecule has 2 aliphatic heterocycles. The van der Waals surface area contributed by atoms with Crippen LogP contribution in [0.5, 0.6) is 6.01 Å². The van der Waals surface area contributed by atoms with Crippen LogP contribution in [0.3, 0.4) is 0 Å². The van der Waals surface area contributed by atoms with Gasteiger partial charge in [-0.05, 0) is 58.0 Å². The highest BCUT2D eigenvalue weighted by Gasteiger charge is 2.44. The molecule has 7 rings (SSSR count). The summed E-state index contributed by atoms with van der Waals surface area (Å²) >= 11 is 1.08. The minimum Gasteiger partial charge on any atom is -0.463 e. The van der Waals surface area contributed by atoms with Gasteiger partial charge in [-0.2, -0.15) is 15.2 Å². The number of halogens is 1. The molecular weight excluding hydrogens is 527 g/mol. The molecule has 2 unspecified atom stereocenters. The van der Waals surface area contributed by atoms with E-state index < -0.39 is 5.82 Å². The number of piperazine rings is 1. The van der Waals surface area contributed by atoms with Crippen LogP contribution >= 0.6 is 11.3 Å². The van der Waals surface area contributed by atoms with Crippen LogP contribution < -0.4 is 20.7 Å². The topological polar surface area (TPSA) is 116 Å². The highest BCUT2D eigenvalue weighted by atomic mass is 32.1. The van der Waals surface area contributed by atoms with Crippen LogP contribution in [0.4, 0.5) is 15.2 Å². The minimum absolute atomic E-state index is 0.145. The maximum Gasteiger partial charge on any atom is 0.318 e. The average Bonchev–Trinajstić information content (AvgIpc) is 3.49. The fourth-order valence-corrected chi connectivity index (χ4v) is 7.29. The number of nitrogens with zero attached hydrogens (tertiary/aromatic N) is 6. The van der Waals surface area contributed by atoms with Gasteiger partial charge in [0, 0.05) is 54.3 Å². The first kappa shape index (κ1) is 25.4. The number of nitriles is 1. The van der Waals surface area contributed by atoms with Crippen molar-refractivity contribution in [3.05, 3.63) is 35.8 Å². The quantitative estimate of drug-likeness (QED) is 0.345. The summed E-state index contributed by atoms with van der Waals surface area (Å²) in [4.78, 5) is 19.1. The van der Waals surface area contributed by atoms with E-state index in [2.05, 4.69) is 35.3 Å². The second-order valence-corrected chi connectivity index (χ2v) is 12.8. The number of ether oxygens (including phenoxy) is 1. The van der Waals surface area contributed by atoms with E-state index in [1.165, 1.54) is 6.07 Å². The largest absolute Gasteiger partial charge is 0.463 e. The van der Waals surface area contributed by atoms with Gasteiger partial charge in [0.05, 0.1) is 33.5 Å². The van der Waals surface area contributed by atoms with Crippen molar-refractivity contribution in [1.82, 2.24) is 25.2 Å². The standard InChI is InChI=1S/C29H31FN8OS/c1-37(2)14-29(7-8-29)15-39-28-35-23-9-22(18-5-6-21(30)25-24(18)19(10-31)26(32)40-25)33-11-20(23)27(36-28)38-12-16-3-4-17(13-38)34-16/h5-6,9,11,16-17,34H,3-4,7-8,12-15,32H2,1-2H3. The molecular formula is C29H31FN8OS. The number of nitrogens with one attached hydrogen (secondary N) is 1. The third-order valence-electron chi connectivity index (χ3n) is 8.38. The molecule has 11 heteroatoms. The van der Waals surface area contributed by atoms with Crippen molar-refractivity contribution in [3.8, 4) is 23.3 Å². The van der Waals surface area contributed by atoms with Gasteiger partial charge >= 0.3 is 6.01 Å². The number of pyridine rings is 1. The van der Waals surface area contributed by atoms with Crippen LogP contribution in [-0.2, 0) is 0 Å². The fraction of sp³-hybridized carbons (Fsp3) is 0.448. The van der Waals surface area contributed by atoms with Gasteiger partial charge < -0.3 is 25.6 Å². The lowest BCUT2D eigenvalue weighted by atomic mass is 10.0. The summed E-state index contributed by atoms with van der Waals surface area (Å²) < 4.78 is 21.3. The molecule has 2 bridgehead atoms. The molecule has 9 nitrogen and oxygen atoms in total. The number of rotatable bonds is 7. The monoisotopic (exact) mass is 558 g/mol. The normalized spacial score (nSPS) is 21.3. The summed E-state index contributed by atoms with van der Waals surface area (Å²) in [7, 11) is 4.17. The van der Waals surface area contributed by atoms with Gasteiger partial charge in [0.15, 0.2) is 0 Å². The molecule has 206 valence electrons. The highest BCUT2D eigenvalue weighted by molar-refractivity contribution is 7.23.